The van der Waals surface area contributed by atoms with E-state index in [1.165, 1.54) is 18.3 Å². The Kier molecular flexibility index (Phi) is 10.4. The van der Waals surface area contributed by atoms with Crippen molar-refractivity contribution in [1.29, 1.82) is 0 Å². The second-order valence-electron chi connectivity index (χ2n) is 11.2. The van der Waals surface area contributed by atoms with Gasteiger partial charge in [-0.1, -0.05) is 30.3 Å². The Hall–Kier alpha value is -5.07. The molecule has 1 aliphatic heterocycles. The molecule has 0 unspecified atom stereocenters. The number of ether oxygens (including phenoxy) is 2. The first kappa shape index (κ1) is 32.3. The number of para-hydroxylation sites is 2. The fourth-order valence-electron chi connectivity index (χ4n) is 5.08. The van der Waals surface area contributed by atoms with Crippen molar-refractivity contribution in [2.24, 2.45) is 5.73 Å². The molecule has 1 aliphatic rings. The van der Waals surface area contributed by atoms with Gasteiger partial charge in [-0.15, -0.1) is 0 Å². The Balaban J connectivity index is 1.32. The summed E-state index contributed by atoms with van der Waals surface area (Å²) in [7, 11) is 2.12. The summed E-state index contributed by atoms with van der Waals surface area (Å²) in [6.07, 6.45) is 2.09. The van der Waals surface area contributed by atoms with Crippen LogP contribution >= 0.6 is 0 Å². The Morgan fingerprint density at radius 3 is 2.41 bits per heavy atom. The summed E-state index contributed by atoms with van der Waals surface area (Å²) in [6, 6.07) is 16.5. The predicted octanol–water partition coefficient (Wildman–Crippen LogP) is 5.14. The second kappa shape index (κ2) is 14.8. The summed E-state index contributed by atoms with van der Waals surface area (Å²) in [4.78, 5) is 38.9. The molecule has 11 nitrogen and oxygen atoms in total. The van der Waals surface area contributed by atoms with Crippen LogP contribution in [-0.2, 0) is 0 Å². The smallest absolute Gasteiger partial charge is 0.262 e. The zero-order valence-electron chi connectivity index (χ0n) is 26.2. The third-order valence-corrected chi connectivity index (χ3v) is 7.74. The van der Waals surface area contributed by atoms with Crippen molar-refractivity contribution in [2.75, 3.05) is 57.0 Å². The highest BCUT2D eigenvalue weighted by Crippen LogP contribution is 2.30. The molecule has 0 spiro atoms. The van der Waals surface area contributed by atoms with E-state index in [2.05, 4.69) is 37.4 Å². The molecule has 1 saturated heterocycles. The third-order valence-electron chi connectivity index (χ3n) is 7.74. The lowest BCUT2D eigenvalue weighted by molar-refractivity contribution is 0.0997. The van der Waals surface area contributed by atoms with Gasteiger partial charge in [-0.05, 0) is 62.7 Å². The number of halogens is 1. The van der Waals surface area contributed by atoms with Crippen LogP contribution in [0.2, 0.25) is 0 Å². The van der Waals surface area contributed by atoms with E-state index >= 15 is 0 Å². The number of aromatic nitrogens is 2. The molecule has 12 heteroatoms. The molecule has 240 valence electrons. The van der Waals surface area contributed by atoms with Crippen LogP contribution in [0.1, 0.15) is 38.3 Å². The monoisotopic (exact) mass is 627 g/mol. The minimum absolute atomic E-state index is 0.0129. The molecule has 2 heterocycles. The third kappa shape index (κ3) is 8.14. The van der Waals surface area contributed by atoms with Crippen molar-refractivity contribution >= 4 is 29.1 Å². The van der Waals surface area contributed by atoms with E-state index in [1.807, 2.05) is 32.0 Å². The van der Waals surface area contributed by atoms with Crippen LogP contribution in [0, 0.1) is 19.7 Å². The van der Waals surface area contributed by atoms with Gasteiger partial charge in [0.2, 0.25) is 11.8 Å². The number of nitrogens with one attached hydrogen (secondary N) is 2. The summed E-state index contributed by atoms with van der Waals surface area (Å²) in [6.45, 7) is 9.21. The van der Waals surface area contributed by atoms with Crippen LogP contribution in [-0.4, -0.2) is 78.0 Å². The zero-order valence-corrected chi connectivity index (χ0v) is 26.2. The maximum absolute atomic E-state index is 15.0. The Morgan fingerprint density at radius 2 is 1.70 bits per heavy atom. The highest BCUT2D eigenvalue weighted by atomic mass is 19.1. The number of piperazine rings is 1. The molecule has 0 radical (unpaired) electrons. The number of amides is 2. The van der Waals surface area contributed by atoms with E-state index in [9.17, 15) is 14.0 Å². The number of likely N-dealkylation sites (N-methyl/N-ethyl adjacent to an activating group) is 1. The maximum Gasteiger partial charge on any atom is 0.262 e. The number of anilines is 3. The summed E-state index contributed by atoms with van der Waals surface area (Å²) in [5, 5.41) is 5.86. The largest absolute Gasteiger partial charge is 0.490 e. The SMILES string of the molecule is Cc1cccc(C)c1NC(=O)c1cnc(Nc2ccc(OCCCN3CCN(C)CC3)c(F)c2)nc1Oc1ccccc1C(N)=O. The van der Waals surface area contributed by atoms with Gasteiger partial charge in [0, 0.05) is 56.4 Å². The minimum atomic E-state index is -0.707. The number of primary amides is 1. The molecular formula is C34H38FN7O4. The van der Waals surface area contributed by atoms with Gasteiger partial charge in [-0.25, -0.2) is 9.37 Å². The first-order valence-electron chi connectivity index (χ1n) is 15.1. The molecule has 3 aromatic carbocycles. The number of hydrogen-bond acceptors (Lipinski definition) is 9. The predicted molar refractivity (Wildman–Crippen MR) is 175 cm³/mol. The molecule has 0 bridgehead atoms. The zero-order chi connectivity index (χ0) is 32.6. The summed E-state index contributed by atoms with van der Waals surface area (Å²) in [5.74, 6) is -1.60. The van der Waals surface area contributed by atoms with Crippen molar-refractivity contribution in [2.45, 2.75) is 20.3 Å². The number of rotatable bonds is 12. The molecule has 0 saturated carbocycles. The Labute approximate surface area is 267 Å². The van der Waals surface area contributed by atoms with Crippen molar-refractivity contribution in [3.05, 3.63) is 94.9 Å². The average Bonchev–Trinajstić information content (AvgIpc) is 3.03. The minimum Gasteiger partial charge on any atom is -0.490 e. The van der Waals surface area contributed by atoms with Crippen molar-refractivity contribution in [3.8, 4) is 17.4 Å². The highest BCUT2D eigenvalue weighted by Gasteiger charge is 2.21. The molecule has 46 heavy (non-hydrogen) atoms. The maximum atomic E-state index is 15.0. The molecule has 5 rings (SSSR count). The van der Waals surface area contributed by atoms with E-state index in [4.69, 9.17) is 15.2 Å². The van der Waals surface area contributed by atoms with E-state index in [1.54, 1.807) is 30.3 Å². The number of carbonyl (C=O) groups excluding carboxylic acids is 2. The topological polar surface area (TPSA) is 135 Å². The first-order chi connectivity index (χ1) is 22.2. The second-order valence-corrected chi connectivity index (χ2v) is 11.2. The van der Waals surface area contributed by atoms with Gasteiger partial charge in [0.25, 0.3) is 11.8 Å². The molecule has 4 aromatic rings. The fraction of sp³-hybridized carbons (Fsp3) is 0.294. The lowest BCUT2D eigenvalue weighted by Gasteiger charge is -2.32. The number of hydrogen-bond donors (Lipinski definition) is 3. The molecular weight excluding hydrogens is 589 g/mol. The van der Waals surface area contributed by atoms with Gasteiger partial charge in [0.15, 0.2) is 11.6 Å². The van der Waals surface area contributed by atoms with Gasteiger partial charge < -0.3 is 35.6 Å². The molecule has 0 atom stereocenters. The molecule has 2 amide bonds. The van der Waals surface area contributed by atoms with Crippen LogP contribution in [0.15, 0.2) is 66.9 Å². The van der Waals surface area contributed by atoms with Crippen molar-refractivity contribution in [3.63, 3.8) is 0 Å². The van der Waals surface area contributed by atoms with Crippen molar-refractivity contribution < 1.29 is 23.5 Å². The van der Waals surface area contributed by atoms with E-state index in [0.29, 0.717) is 18.0 Å². The first-order valence-corrected chi connectivity index (χ1v) is 15.1. The standard InChI is InChI=1S/C34H38FN7O4/c1-22-8-6-9-23(2)30(22)39-32(44)26-21-37-34(40-33(26)46-28-11-5-4-10-25(28)31(36)43)38-24-12-13-29(27(35)20-24)45-19-7-14-42-17-15-41(3)16-18-42/h4-6,8-13,20-21H,7,14-19H2,1-3H3,(H2,36,43)(H,39,44)(H,37,38,40). The van der Waals surface area contributed by atoms with Crippen LogP contribution in [0.25, 0.3) is 0 Å². The lowest BCUT2D eigenvalue weighted by atomic mass is 10.1. The van der Waals surface area contributed by atoms with Gasteiger partial charge >= 0.3 is 0 Å². The Morgan fingerprint density at radius 1 is 0.957 bits per heavy atom. The lowest BCUT2D eigenvalue weighted by Crippen LogP contribution is -2.44. The molecule has 1 aromatic heterocycles. The van der Waals surface area contributed by atoms with Gasteiger partial charge in [-0.2, -0.15) is 4.98 Å². The number of carbonyl (C=O) groups is 2. The van der Waals surface area contributed by atoms with Crippen molar-refractivity contribution in [1.82, 2.24) is 19.8 Å². The van der Waals surface area contributed by atoms with E-state index in [-0.39, 0.29) is 34.5 Å². The summed E-state index contributed by atoms with van der Waals surface area (Å²) in [5.41, 5.74) is 8.42. The number of aryl methyl sites for hydroxylation is 2. The van der Waals surface area contributed by atoms with Gasteiger partial charge in [0.1, 0.15) is 11.3 Å². The molecule has 4 N–H and O–H groups in total. The van der Waals surface area contributed by atoms with E-state index < -0.39 is 17.6 Å². The van der Waals surface area contributed by atoms with Crippen LogP contribution in [0.4, 0.5) is 21.7 Å². The van der Waals surface area contributed by atoms with Crippen LogP contribution in [0.3, 0.4) is 0 Å². The summed E-state index contributed by atoms with van der Waals surface area (Å²) >= 11 is 0. The quantitative estimate of drug-likeness (QED) is 0.183. The van der Waals surface area contributed by atoms with Crippen LogP contribution < -0.4 is 25.8 Å². The average molecular weight is 628 g/mol. The van der Waals surface area contributed by atoms with Gasteiger partial charge in [0.05, 0.1) is 12.2 Å². The normalized spacial score (nSPS) is 13.7. The molecule has 1 fully saturated rings. The highest BCUT2D eigenvalue weighted by molar-refractivity contribution is 6.06. The number of nitrogens with zero attached hydrogens (tertiary/aromatic N) is 4. The fourth-order valence-corrected chi connectivity index (χ4v) is 5.08. The van der Waals surface area contributed by atoms with Gasteiger partial charge in [-0.3, -0.25) is 9.59 Å². The number of benzene rings is 3. The molecule has 0 aliphatic carbocycles. The van der Waals surface area contributed by atoms with Crippen LogP contribution in [0.5, 0.6) is 17.4 Å². The van der Waals surface area contributed by atoms with E-state index in [0.717, 1.165) is 50.3 Å². The Bertz CT molecular complexity index is 1690. The number of nitrogens with two attached hydrogens (primary N) is 1. The summed E-state index contributed by atoms with van der Waals surface area (Å²) < 4.78 is 26.7.